The molecular weight excluding hydrogens is 200 g/mol. The summed E-state index contributed by atoms with van der Waals surface area (Å²) >= 11 is 5.70. The highest BCUT2D eigenvalue weighted by atomic mass is 35.5. The third-order valence-corrected chi connectivity index (χ3v) is 2.40. The minimum absolute atomic E-state index is 0.127. The molecule has 76 valence electrons. The molecule has 0 spiro atoms. The molecule has 0 atom stereocenters. The SMILES string of the molecule is CC(C)(CCl)NC(=O)c1ccncc1. The third-order valence-electron chi connectivity index (χ3n) is 1.73. The van der Waals surface area contributed by atoms with Gasteiger partial charge in [0.2, 0.25) is 0 Å². The highest BCUT2D eigenvalue weighted by Crippen LogP contribution is 2.06. The van der Waals surface area contributed by atoms with Crippen LogP contribution in [0.2, 0.25) is 0 Å². The summed E-state index contributed by atoms with van der Waals surface area (Å²) in [6.45, 7) is 3.75. The second-order valence-corrected chi connectivity index (χ2v) is 3.97. The first-order valence-corrected chi connectivity index (χ1v) is 4.87. The summed E-state index contributed by atoms with van der Waals surface area (Å²) in [5.74, 6) is 0.252. The lowest BCUT2D eigenvalue weighted by molar-refractivity contribution is 0.0920. The van der Waals surface area contributed by atoms with Crippen LogP contribution < -0.4 is 5.32 Å². The predicted molar refractivity (Wildman–Crippen MR) is 56.5 cm³/mol. The van der Waals surface area contributed by atoms with Crippen molar-refractivity contribution in [3.8, 4) is 0 Å². The summed E-state index contributed by atoms with van der Waals surface area (Å²) in [6, 6.07) is 3.33. The number of carbonyl (C=O) groups is 1. The first-order valence-electron chi connectivity index (χ1n) is 4.34. The van der Waals surface area contributed by atoms with Gasteiger partial charge in [-0.3, -0.25) is 9.78 Å². The van der Waals surface area contributed by atoms with Gasteiger partial charge in [0.05, 0.1) is 0 Å². The topological polar surface area (TPSA) is 42.0 Å². The molecule has 4 heteroatoms. The molecule has 0 saturated carbocycles. The Morgan fingerprint density at radius 1 is 1.50 bits per heavy atom. The Balaban J connectivity index is 2.69. The van der Waals surface area contributed by atoms with Crippen LogP contribution in [0.25, 0.3) is 0 Å². The van der Waals surface area contributed by atoms with Gasteiger partial charge < -0.3 is 5.32 Å². The average molecular weight is 213 g/mol. The Hall–Kier alpha value is -1.09. The number of hydrogen-bond acceptors (Lipinski definition) is 2. The molecule has 0 aromatic carbocycles. The molecule has 14 heavy (non-hydrogen) atoms. The van der Waals surface area contributed by atoms with Crippen LogP contribution in [0.4, 0.5) is 0 Å². The normalized spacial score (nSPS) is 11.1. The van der Waals surface area contributed by atoms with E-state index in [2.05, 4.69) is 10.3 Å². The minimum Gasteiger partial charge on any atom is -0.346 e. The number of rotatable bonds is 3. The number of halogens is 1. The van der Waals surface area contributed by atoms with Gasteiger partial charge in [-0.2, -0.15) is 0 Å². The lowest BCUT2D eigenvalue weighted by Crippen LogP contribution is -2.44. The van der Waals surface area contributed by atoms with Crippen molar-refractivity contribution in [1.29, 1.82) is 0 Å². The van der Waals surface area contributed by atoms with Crippen molar-refractivity contribution >= 4 is 17.5 Å². The van der Waals surface area contributed by atoms with E-state index >= 15 is 0 Å². The molecule has 0 radical (unpaired) electrons. The second-order valence-electron chi connectivity index (χ2n) is 3.71. The van der Waals surface area contributed by atoms with Gasteiger partial charge in [-0.1, -0.05) is 0 Å². The van der Waals surface area contributed by atoms with Crippen LogP contribution in [-0.4, -0.2) is 22.3 Å². The minimum atomic E-state index is -0.387. The van der Waals surface area contributed by atoms with Crippen LogP contribution in [0.1, 0.15) is 24.2 Å². The first kappa shape index (κ1) is 11.0. The van der Waals surface area contributed by atoms with E-state index in [1.807, 2.05) is 13.8 Å². The maximum Gasteiger partial charge on any atom is 0.251 e. The fourth-order valence-electron chi connectivity index (χ4n) is 0.916. The van der Waals surface area contributed by atoms with Crippen molar-refractivity contribution in [3.05, 3.63) is 30.1 Å². The van der Waals surface area contributed by atoms with E-state index in [1.165, 1.54) is 0 Å². The highest BCUT2D eigenvalue weighted by molar-refractivity contribution is 6.18. The highest BCUT2D eigenvalue weighted by Gasteiger charge is 2.19. The molecule has 0 aliphatic rings. The molecule has 1 rings (SSSR count). The summed E-state index contributed by atoms with van der Waals surface area (Å²) in [6.07, 6.45) is 3.17. The van der Waals surface area contributed by atoms with E-state index in [1.54, 1.807) is 24.5 Å². The van der Waals surface area contributed by atoms with Crippen LogP contribution in [0, 0.1) is 0 Å². The third kappa shape index (κ3) is 3.00. The molecule has 1 aromatic rings. The summed E-state index contributed by atoms with van der Waals surface area (Å²) in [4.78, 5) is 15.5. The zero-order chi connectivity index (χ0) is 10.6. The van der Waals surface area contributed by atoms with E-state index in [0.29, 0.717) is 11.4 Å². The number of nitrogens with zero attached hydrogens (tertiary/aromatic N) is 1. The standard InChI is InChI=1S/C10H13ClN2O/c1-10(2,7-11)13-9(14)8-3-5-12-6-4-8/h3-6H,7H2,1-2H3,(H,13,14). The Morgan fingerprint density at radius 2 is 2.07 bits per heavy atom. The fraction of sp³-hybridized carbons (Fsp3) is 0.400. The predicted octanol–water partition coefficient (Wildman–Crippen LogP) is 1.83. The molecule has 3 nitrogen and oxygen atoms in total. The fourth-order valence-corrected chi connectivity index (χ4v) is 0.983. The van der Waals surface area contributed by atoms with Gasteiger partial charge >= 0.3 is 0 Å². The molecule has 0 unspecified atom stereocenters. The van der Waals surface area contributed by atoms with Crippen LogP contribution in [0.5, 0.6) is 0 Å². The van der Waals surface area contributed by atoms with Crippen molar-refractivity contribution in [2.24, 2.45) is 0 Å². The maximum absolute atomic E-state index is 11.6. The Kier molecular flexibility index (Phi) is 3.47. The second kappa shape index (κ2) is 4.42. The molecule has 0 bridgehead atoms. The van der Waals surface area contributed by atoms with Gasteiger partial charge in [0.1, 0.15) is 0 Å². The Bertz CT molecular complexity index is 311. The number of hydrogen-bond donors (Lipinski definition) is 1. The van der Waals surface area contributed by atoms with Crippen molar-refractivity contribution in [3.63, 3.8) is 0 Å². The van der Waals surface area contributed by atoms with Gasteiger partial charge in [0, 0.05) is 29.4 Å². The molecule has 1 heterocycles. The monoisotopic (exact) mass is 212 g/mol. The van der Waals surface area contributed by atoms with E-state index in [4.69, 9.17) is 11.6 Å². The zero-order valence-electron chi connectivity index (χ0n) is 8.25. The number of amides is 1. The van der Waals surface area contributed by atoms with Crippen molar-refractivity contribution in [2.75, 3.05) is 5.88 Å². The maximum atomic E-state index is 11.6. The Morgan fingerprint density at radius 3 is 2.57 bits per heavy atom. The summed E-state index contributed by atoms with van der Waals surface area (Å²) in [5, 5.41) is 2.82. The summed E-state index contributed by atoms with van der Waals surface area (Å²) in [7, 11) is 0. The molecule has 0 aliphatic carbocycles. The Labute approximate surface area is 88.5 Å². The first-order chi connectivity index (χ1) is 6.55. The molecule has 0 fully saturated rings. The van der Waals surface area contributed by atoms with Crippen LogP contribution >= 0.6 is 11.6 Å². The van der Waals surface area contributed by atoms with Crippen LogP contribution in [-0.2, 0) is 0 Å². The van der Waals surface area contributed by atoms with Crippen LogP contribution in [0.15, 0.2) is 24.5 Å². The van der Waals surface area contributed by atoms with E-state index in [-0.39, 0.29) is 11.4 Å². The number of carbonyl (C=O) groups excluding carboxylic acids is 1. The molecule has 0 saturated heterocycles. The lowest BCUT2D eigenvalue weighted by atomic mass is 10.1. The average Bonchev–Trinajstić information content (AvgIpc) is 2.19. The number of pyridine rings is 1. The lowest BCUT2D eigenvalue weighted by Gasteiger charge is -2.23. The number of alkyl halides is 1. The molecular formula is C10H13ClN2O. The number of nitrogens with one attached hydrogen (secondary N) is 1. The molecule has 0 aliphatic heterocycles. The van der Waals surface area contributed by atoms with Crippen molar-refractivity contribution < 1.29 is 4.79 Å². The van der Waals surface area contributed by atoms with Crippen LogP contribution in [0.3, 0.4) is 0 Å². The van der Waals surface area contributed by atoms with Crippen molar-refractivity contribution in [1.82, 2.24) is 10.3 Å². The van der Waals surface area contributed by atoms with E-state index in [9.17, 15) is 4.79 Å². The van der Waals surface area contributed by atoms with E-state index in [0.717, 1.165) is 0 Å². The van der Waals surface area contributed by atoms with Gasteiger partial charge in [-0.05, 0) is 26.0 Å². The zero-order valence-corrected chi connectivity index (χ0v) is 9.01. The smallest absolute Gasteiger partial charge is 0.251 e. The van der Waals surface area contributed by atoms with Gasteiger partial charge in [-0.25, -0.2) is 0 Å². The molecule has 1 amide bonds. The summed E-state index contributed by atoms with van der Waals surface area (Å²) in [5.41, 5.74) is 0.209. The van der Waals surface area contributed by atoms with Gasteiger partial charge in [0.25, 0.3) is 5.91 Å². The molecule has 1 aromatic heterocycles. The number of aromatic nitrogens is 1. The van der Waals surface area contributed by atoms with E-state index < -0.39 is 0 Å². The van der Waals surface area contributed by atoms with Gasteiger partial charge in [-0.15, -0.1) is 11.6 Å². The molecule has 1 N–H and O–H groups in total. The van der Waals surface area contributed by atoms with Gasteiger partial charge in [0.15, 0.2) is 0 Å². The van der Waals surface area contributed by atoms with Crippen molar-refractivity contribution in [2.45, 2.75) is 19.4 Å². The summed E-state index contributed by atoms with van der Waals surface area (Å²) < 4.78 is 0. The largest absolute Gasteiger partial charge is 0.346 e. The quantitative estimate of drug-likeness (QED) is 0.777.